The van der Waals surface area contributed by atoms with E-state index in [1.807, 2.05) is 6.20 Å². The number of H-pyrrole nitrogens is 1. The average Bonchev–Trinajstić information content (AvgIpc) is 2.78. The summed E-state index contributed by atoms with van der Waals surface area (Å²) in [7, 11) is 0. The summed E-state index contributed by atoms with van der Waals surface area (Å²) in [6.45, 7) is 13.2. The van der Waals surface area contributed by atoms with Crippen molar-refractivity contribution in [3.8, 4) is 0 Å². The minimum atomic E-state index is 0.147. The van der Waals surface area contributed by atoms with E-state index in [9.17, 15) is 0 Å². The fourth-order valence-corrected chi connectivity index (χ4v) is 2.17. The van der Waals surface area contributed by atoms with E-state index >= 15 is 0 Å². The maximum Gasteiger partial charge on any atom is 0.123 e. The first-order valence-electron chi connectivity index (χ1n) is 6.48. The summed E-state index contributed by atoms with van der Waals surface area (Å²) in [5, 5.41) is 3.38. The third-order valence-electron chi connectivity index (χ3n) is 3.50. The van der Waals surface area contributed by atoms with Gasteiger partial charge in [0.2, 0.25) is 0 Å². The Balaban J connectivity index is 2.08. The molecular weight excluding hydrogens is 212 g/mol. The van der Waals surface area contributed by atoms with Gasteiger partial charge in [0.1, 0.15) is 5.82 Å². The van der Waals surface area contributed by atoms with Crippen molar-refractivity contribution in [2.45, 2.75) is 39.2 Å². The van der Waals surface area contributed by atoms with Gasteiger partial charge in [-0.1, -0.05) is 20.8 Å². The number of hydrogen-bond acceptors (Lipinski definition) is 3. The van der Waals surface area contributed by atoms with E-state index in [-0.39, 0.29) is 5.41 Å². The zero-order valence-electron chi connectivity index (χ0n) is 11.4. The van der Waals surface area contributed by atoms with Crippen molar-refractivity contribution in [2.75, 3.05) is 26.2 Å². The summed E-state index contributed by atoms with van der Waals surface area (Å²) in [4.78, 5) is 10.5. The minimum Gasteiger partial charge on any atom is -0.344 e. The molecule has 2 heterocycles. The lowest BCUT2D eigenvalue weighted by Crippen LogP contribution is -2.44. The van der Waals surface area contributed by atoms with Crippen LogP contribution < -0.4 is 5.32 Å². The summed E-state index contributed by atoms with van der Waals surface area (Å²) in [5.41, 5.74) is 1.36. The summed E-state index contributed by atoms with van der Waals surface area (Å²) in [5.74, 6) is 1.09. The smallest absolute Gasteiger partial charge is 0.123 e. The molecule has 0 spiro atoms. The molecular formula is C13H24N4. The van der Waals surface area contributed by atoms with E-state index in [0.717, 1.165) is 32.0 Å². The van der Waals surface area contributed by atoms with Crippen molar-refractivity contribution in [3.05, 3.63) is 17.7 Å². The molecule has 0 bridgehead atoms. The number of hydrogen-bond donors (Lipinski definition) is 2. The molecule has 2 rings (SSSR count). The van der Waals surface area contributed by atoms with Gasteiger partial charge in [-0.2, -0.15) is 0 Å². The standard InChI is InChI=1S/C13H24N4/c1-10(17-7-5-14-6-8-17)12-15-9-11(16-12)13(2,3)4/h9-10,14H,5-8H2,1-4H3,(H,15,16). The van der Waals surface area contributed by atoms with E-state index in [1.54, 1.807) is 0 Å². The molecule has 1 aliphatic heterocycles. The third kappa shape index (κ3) is 2.87. The van der Waals surface area contributed by atoms with Gasteiger partial charge in [0.25, 0.3) is 0 Å². The van der Waals surface area contributed by atoms with Crippen LogP contribution in [0.1, 0.15) is 45.3 Å². The van der Waals surface area contributed by atoms with Gasteiger partial charge in [-0.25, -0.2) is 4.98 Å². The molecule has 0 aliphatic carbocycles. The van der Waals surface area contributed by atoms with E-state index in [4.69, 9.17) is 0 Å². The molecule has 1 fully saturated rings. The van der Waals surface area contributed by atoms with Gasteiger partial charge in [-0.3, -0.25) is 4.90 Å². The number of piperazine rings is 1. The Labute approximate surface area is 104 Å². The van der Waals surface area contributed by atoms with Gasteiger partial charge in [0.05, 0.1) is 6.04 Å². The predicted octanol–water partition coefficient (Wildman–Crippen LogP) is 1.67. The molecule has 17 heavy (non-hydrogen) atoms. The molecule has 0 radical (unpaired) electrons. The van der Waals surface area contributed by atoms with E-state index in [0.29, 0.717) is 6.04 Å². The Morgan fingerprint density at radius 2 is 1.94 bits per heavy atom. The molecule has 0 amide bonds. The van der Waals surface area contributed by atoms with Crippen molar-refractivity contribution < 1.29 is 0 Å². The van der Waals surface area contributed by atoms with Gasteiger partial charge in [-0.15, -0.1) is 0 Å². The first-order valence-corrected chi connectivity index (χ1v) is 6.48. The number of aromatic nitrogens is 2. The third-order valence-corrected chi connectivity index (χ3v) is 3.50. The molecule has 1 aromatic heterocycles. The molecule has 1 saturated heterocycles. The number of imidazole rings is 1. The van der Waals surface area contributed by atoms with E-state index in [1.165, 1.54) is 5.69 Å². The highest BCUT2D eigenvalue weighted by molar-refractivity contribution is 5.13. The summed E-state index contributed by atoms with van der Waals surface area (Å²) in [6, 6.07) is 0.383. The Hall–Kier alpha value is -0.870. The molecule has 1 atom stereocenters. The average molecular weight is 236 g/mol. The number of aromatic amines is 1. The normalized spacial score (nSPS) is 20.5. The molecule has 0 saturated carbocycles. The quantitative estimate of drug-likeness (QED) is 0.821. The van der Waals surface area contributed by atoms with Crippen molar-refractivity contribution in [1.82, 2.24) is 20.2 Å². The largest absolute Gasteiger partial charge is 0.344 e. The fraction of sp³-hybridized carbons (Fsp3) is 0.769. The van der Waals surface area contributed by atoms with Crippen LogP contribution in [0.15, 0.2) is 6.20 Å². The van der Waals surface area contributed by atoms with Gasteiger partial charge in [0, 0.05) is 43.5 Å². The molecule has 96 valence electrons. The number of nitrogens with zero attached hydrogens (tertiary/aromatic N) is 2. The van der Waals surface area contributed by atoms with Gasteiger partial charge < -0.3 is 10.3 Å². The van der Waals surface area contributed by atoms with Gasteiger partial charge in [0.15, 0.2) is 0 Å². The van der Waals surface area contributed by atoms with Crippen LogP contribution in [0.25, 0.3) is 0 Å². The van der Waals surface area contributed by atoms with Crippen molar-refractivity contribution >= 4 is 0 Å². The highest BCUT2D eigenvalue weighted by Gasteiger charge is 2.22. The van der Waals surface area contributed by atoms with Crippen LogP contribution in [0, 0.1) is 0 Å². The maximum absolute atomic E-state index is 4.54. The van der Waals surface area contributed by atoms with Crippen LogP contribution in [0.3, 0.4) is 0 Å². The number of nitrogens with one attached hydrogen (secondary N) is 2. The molecule has 1 aromatic rings. The first kappa shape index (κ1) is 12.6. The maximum atomic E-state index is 4.54. The second-order valence-corrected chi connectivity index (χ2v) is 5.89. The van der Waals surface area contributed by atoms with Crippen LogP contribution in [0.5, 0.6) is 0 Å². The Morgan fingerprint density at radius 3 is 2.47 bits per heavy atom. The summed E-state index contributed by atoms with van der Waals surface area (Å²) < 4.78 is 0. The van der Waals surface area contributed by atoms with Crippen molar-refractivity contribution in [3.63, 3.8) is 0 Å². The predicted molar refractivity (Wildman–Crippen MR) is 70.1 cm³/mol. The summed E-state index contributed by atoms with van der Waals surface area (Å²) in [6.07, 6.45) is 1.98. The highest BCUT2D eigenvalue weighted by Crippen LogP contribution is 2.23. The first-order chi connectivity index (χ1) is 7.98. The fourth-order valence-electron chi connectivity index (χ4n) is 2.17. The lowest BCUT2D eigenvalue weighted by molar-refractivity contribution is 0.179. The Kier molecular flexibility index (Phi) is 3.54. The zero-order valence-corrected chi connectivity index (χ0v) is 11.4. The van der Waals surface area contributed by atoms with Crippen LogP contribution in [0.2, 0.25) is 0 Å². The van der Waals surface area contributed by atoms with Crippen LogP contribution in [0.4, 0.5) is 0 Å². The monoisotopic (exact) mass is 236 g/mol. The van der Waals surface area contributed by atoms with Crippen molar-refractivity contribution in [1.29, 1.82) is 0 Å². The van der Waals surface area contributed by atoms with Crippen LogP contribution in [-0.2, 0) is 5.41 Å². The lowest BCUT2D eigenvalue weighted by atomic mass is 9.93. The highest BCUT2D eigenvalue weighted by atomic mass is 15.2. The topological polar surface area (TPSA) is 44.0 Å². The SMILES string of the molecule is CC(c1ncc(C(C)(C)C)[nH]1)N1CCNCC1. The second kappa shape index (κ2) is 4.78. The molecule has 1 unspecified atom stereocenters. The zero-order chi connectivity index (χ0) is 12.5. The Morgan fingerprint density at radius 1 is 1.29 bits per heavy atom. The second-order valence-electron chi connectivity index (χ2n) is 5.89. The van der Waals surface area contributed by atoms with E-state index in [2.05, 4.69) is 47.9 Å². The lowest BCUT2D eigenvalue weighted by Gasteiger charge is -2.31. The summed E-state index contributed by atoms with van der Waals surface area (Å²) >= 11 is 0. The molecule has 0 aromatic carbocycles. The van der Waals surface area contributed by atoms with Crippen LogP contribution in [-0.4, -0.2) is 41.0 Å². The Bertz CT molecular complexity index is 358. The van der Waals surface area contributed by atoms with Crippen molar-refractivity contribution in [2.24, 2.45) is 0 Å². The molecule has 1 aliphatic rings. The number of rotatable bonds is 2. The minimum absolute atomic E-state index is 0.147. The van der Waals surface area contributed by atoms with Gasteiger partial charge >= 0.3 is 0 Å². The van der Waals surface area contributed by atoms with E-state index < -0.39 is 0 Å². The molecule has 2 N–H and O–H groups in total. The van der Waals surface area contributed by atoms with Gasteiger partial charge in [-0.05, 0) is 6.92 Å². The molecule has 4 heteroatoms. The molecule has 4 nitrogen and oxygen atoms in total. The van der Waals surface area contributed by atoms with Crippen LogP contribution >= 0.6 is 0 Å².